The van der Waals surface area contributed by atoms with Crippen molar-refractivity contribution in [1.29, 1.82) is 0 Å². The fraction of sp³-hybridized carbons (Fsp3) is 0.182. The Morgan fingerprint density at radius 2 is 2.14 bits per heavy atom. The van der Waals surface area contributed by atoms with Crippen LogP contribution in [-0.4, -0.2) is 43.5 Å². The first-order valence-corrected chi connectivity index (χ1v) is 5.70. The van der Waals surface area contributed by atoms with Crippen LogP contribution in [0.25, 0.3) is 0 Å². The summed E-state index contributed by atoms with van der Waals surface area (Å²) in [6, 6.07) is 1.05. The lowest BCUT2D eigenvalue weighted by Gasteiger charge is -2.05. The van der Waals surface area contributed by atoms with Crippen LogP contribution in [0.3, 0.4) is 0 Å². The second-order valence-corrected chi connectivity index (χ2v) is 3.89. The van der Waals surface area contributed by atoms with Crippen LogP contribution in [-0.2, 0) is 6.54 Å². The molecule has 0 saturated heterocycles. The van der Waals surface area contributed by atoms with Gasteiger partial charge in [0.1, 0.15) is 0 Å². The number of carboxylic acids is 1. The molecule has 0 spiro atoms. The van der Waals surface area contributed by atoms with E-state index < -0.39 is 29.2 Å². The number of amides is 1. The van der Waals surface area contributed by atoms with Gasteiger partial charge in [-0.25, -0.2) is 18.9 Å². The van der Waals surface area contributed by atoms with Crippen molar-refractivity contribution in [2.24, 2.45) is 0 Å². The maximum Gasteiger partial charge on any atom is 0.358 e. The summed E-state index contributed by atoms with van der Waals surface area (Å²) in [5.74, 6) is -4.72. The van der Waals surface area contributed by atoms with Gasteiger partial charge in [0.05, 0.1) is 18.3 Å². The number of carbonyl (C=O) groups excluding carboxylic acids is 1. The van der Waals surface area contributed by atoms with Gasteiger partial charge in [-0.1, -0.05) is 5.21 Å². The SMILES string of the molecule is O=C(O)c1cn(CCNC(=O)c2ccnc(F)c2F)nn1. The Hall–Kier alpha value is -2.91. The molecule has 0 radical (unpaired) electrons. The zero-order chi connectivity index (χ0) is 15.4. The van der Waals surface area contributed by atoms with Crippen molar-refractivity contribution in [3.8, 4) is 0 Å². The van der Waals surface area contributed by atoms with Gasteiger partial charge >= 0.3 is 5.97 Å². The first-order chi connectivity index (χ1) is 9.99. The molecule has 2 rings (SSSR count). The summed E-state index contributed by atoms with van der Waals surface area (Å²) >= 11 is 0. The van der Waals surface area contributed by atoms with Crippen molar-refractivity contribution in [2.45, 2.75) is 6.54 Å². The van der Waals surface area contributed by atoms with E-state index in [1.807, 2.05) is 0 Å². The molecular weight excluding hydrogens is 288 g/mol. The van der Waals surface area contributed by atoms with E-state index in [9.17, 15) is 18.4 Å². The van der Waals surface area contributed by atoms with E-state index in [0.29, 0.717) is 0 Å². The average molecular weight is 297 g/mol. The standard InChI is InChI=1S/C11H9F2N5O3/c12-8-6(1-2-14-9(8)13)10(19)15-3-4-18-5-7(11(20)21)16-17-18/h1-2,5H,3-4H2,(H,15,19)(H,20,21). The molecule has 0 saturated carbocycles. The van der Waals surface area contributed by atoms with Gasteiger partial charge in [0.2, 0.25) is 5.95 Å². The lowest BCUT2D eigenvalue weighted by Crippen LogP contribution is -2.28. The van der Waals surface area contributed by atoms with Crippen LogP contribution in [0.4, 0.5) is 8.78 Å². The predicted octanol–water partition coefficient (Wildman–Crippen LogP) is 0.0795. The first kappa shape index (κ1) is 14.5. The molecular formula is C11H9F2N5O3. The van der Waals surface area contributed by atoms with E-state index in [2.05, 4.69) is 20.6 Å². The summed E-state index contributed by atoms with van der Waals surface area (Å²) in [5.41, 5.74) is -0.698. The summed E-state index contributed by atoms with van der Waals surface area (Å²) in [6.07, 6.45) is 2.16. The summed E-state index contributed by atoms with van der Waals surface area (Å²) in [6.45, 7) is 0.159. The summed E-state index contributed by atoms with van der Waals surface area (Å²) < 4.78 is 27.4. The van der Waals surface area contributed by atoms with Crippen molar-refractivity contribution < 1.29 is 23.5 Å². The van der Waals surface area contributed by atoms with E-state index in [4.69, 9.17) is 5.11 Å². The Kier molecular flexibility index (Phi) is 4.16. The van der Waals surface area contributed by atoms with Crippen molar-refractivity contribution in [1.82, 2.24) is 25.3 Å². The molecule has 2 aromatic rings. The van der Waals surface area contributed by atoms with Gasteiger partial charge in [-0.3, -0.25) is 4.79 Å². The zero-order valence-electron chi connectivity index (χ0n) is 10.5. The highest BCUT2D eigenvalue weighted by atomic mass is 19.2. The molecule has 110 valence electrons. The minimum Gasteiger partial charge on any atom is -0.476 e. The van der Waals surface area contributed by atoms with Crippen molar-refractivity contribution >= 4 is 11.9 Å². The lowest BCUT2D eigenvalue weighted by molar-refractivity contribution is 0.0690. The molecule has 0 bridgehead atoms. The number of carbonyl (C=O) groups is 2. The minimum absolute atomic E-state index is 0.0324. The van der Waals surface area contributed by atoms with Crippen LogP contribution >= 0.6 is 0 Å². The second kappa shape index (κ2) is 6.03. The van der Waals surface area contributed by atoms with Crippen molar-refractivity contribution in [3.63, 3.8) is 0 Å². The smallest absolute Gasteiger partial charge is 0.358 e. The van der Waals surface area contributed by atoms with E-state index in [1.165, 1.54) is 10.9 Å². The van der Waals surface area contributed by atoms with E-state index in [1.54, 1.807) is 0 Å². The second-order valence-electron chi connectivity index (χ2n) is 3.89. The molecule has 0 aliphatic carbocycles. The fourth-order valence-corrected chi connectivity index (χ4v) is 1.48. The third-order valence-corrected chi connectivity index (χ3v) is 2.48. The molecule has 1 amide bonds. The maximum atomic E-state index is 13.3. The molecule has 2 heterocycles. The highest BCUT2D eigenvalue weighted by Crippen LogP contribution is 2.08. The lowest BCUT2D eigenvalue weighted by atomic mass is 10.2. The molecule has 8 nitrogen and oxygen atoms in total. The van der Waals surface area contributed by atoms with Crippen LogP contribution in [0.1, 0.15) is 20.8 Å². The Balaban J connectivity index is 1.92. The van der Waals surface area contributed by atoms with Gasteiger partial charge in [-0.15, -0.1) is 5.10 Å². The number of hydrogen-bond donors (Lipinski definition) is 2. The largest absolute Gasteiger partial charge is 0.476 e. The normalized spacial score (nSPS) is 10.4. The van der Waals surface area contributed by atoms with Crippen molar-refractivity contribution in [2.75, 3.05) is 6.54 Å². The number of nitrogens with one attached hydrogen (secondary N) is 1. The van der Waals surface area contributed by atoms with Crippen molar-refractivity contribution in [3.05, 3.63) is 41.5 Å². The number of pyridine rings is 1. The molecule has 0 fully saturated rings. The number of halogens is 2. The predicted molar refractivity (Wildman–Crippen MR) is 63.5 cm³/mol. The van der Waals surface area contributed by atoms with E-state index in [-0.39, 0.29) is 18.8 Å². The quantitative estimate of drug-likeness (QED) is 0.756. The van der Waals surface area contributed by atoms with Gasteiger partial charge in [-0.05, 0) is 6.07 Å². The Morgan fingerprint density at radius 3 is 2.81 bits per heavy atom. The Morgan fingerprint density at radius 1 is 1.38 bits per heavy atom. The van der Waals surface area contributed by atoms with Crippen LogP contribution < -0.4 is 5.32 Å². The third-order valence-electron chi connectivity index (χ3n) is 2.48. The molecule has 0 aliphatic heterocycles. The van der Waals surface area contributed by atoms with E-state index in [0.717, 1.165) is 12.3 Å². The number of aromatic carboxylic acids is 1. The van der Waals surface area contributed by atoms with Crippen LogP contribution in [0.5, 0.6) is 0 Å². The summed E-state index contributed by atoms with van der Waals surface area (Å²) in [5, 5.41) is 17.9. The van der Waals surface area contributed by atoms with Gasteiger partial charge in [0, 0.05) is 12.7 Å². The fourth-order valence-electron chi connectivity index (χ4n) is 1.48. The molecule has 0 unspecified atom stereocenters. The monoisotopic (exact) mass is 297 g/mol. The molecule has 0 aromatic carbocycles. The number of rotatable bonds is 5. The number of nitrogens with zero attached hydrogens (tertiary/aromatic N) is 4. The minimum atomic E-state index is -1.36. The first-order valence-electron chi connectivity index (χ1n) is 5.70. The maximum absolute atomic E-state index is 13.3. The Bertz CT molecular complexity index is 688. The van der Waals surface area contributed by atoms with E-state index >= 15 is 0 Å². The molecule has 0 aliphatic rings. The number of aromatic nitrogens is 4. The molecule has 2 aromatic heterocycles. The highest BCUT2D eigenvalue weighted by molar-refractivity contribution is 5.94. The highest BCUT2D eigenvalue weighted by Gasteiger charge is 2.15. The summed E-state index contributed by atoms with van der Waals surface area (Å²) in [7, 11) is 0. The molecule has 21 heavy (non-hydrogen) atoms. The van der Waals surface area contributed by atoms with Crippen LogP contribution in [0.15, 0.2) is 18.5 Å². The van der Waals surface area contributed by atoms with Crippen LogP contribution in [0.2, 0.25) is 0 Å². The van der Waals surface area contributed by atoms with Gasteiger partial charge in [-0.2, -0.15) is 4.39 Å². The average Bonchev–Trinajstić information content (AvgIpc) is 2.91. The molecule has 0 atom stereocenters. The topological polar surface area (TPSA) is 110 Å². The zero-order valence-corrected chi connectivity index (χ0v) is 10.5. The van der Waals surface area contributed by atoms with Gasteiger partial charge < -0.3 is 10.4 Å². The Labute approximate surface area is 116 Å². The third kappa shape index (κ3) is 3.35. The molecule has 2 N–H and O–H groups in total. The number of hydrogen-bond acceptors (Lipinski definition) is 5. The summed E-state index contributed by atoms with van der Waals surface area (Å²) in [4.78, 5) is 25.3. The van der Waals surface area contributed by atoms with Gasteiger partial charge in [0.25, 0.3) is 5.91 Å². The van der Waals surface area contributed by atoms with Crippen LogP contribution in [0, 0.1) is 11.8 Å². The molecule has 10 heteroatoms. The van der Waals surface area contributed by atoms with Gasteiger partial charge in [0.15, 0.2) is 11.5 Å². The number of carboxylic acid groups (broad SMARTS) is 1.